The lowest BCUT2D eigenvalue weighted by Crippen LogP contribution is -2.61. The number of hydrogen-bond acceptors (Lipinski definition) is 5. The van der Waals surface area contributed by atoms with Crippen molar-refractivity contribution in [1.29, 1.82) is 0 Å². The molecule has 1 aliphatic heterocycles. The Hall–Kier alpha value is -3.55. The summed E-state index contributed by atoms with van der Waals surface area (Å²) in [5.74, 6) is -0.402. The second-order valence-electron chi connectivity index (χ2n) is 8.53. The lowest BCUT2D eigenvalue weighted by Gasteiger charge is -2.40. The lowest BCUT2D eigenvalue weighted by atomic mass is 10.1. The Balaban J connectivity index is 1.72. The second-order valence-corrected chi connectivity index (χ2v) is 8.53. The molecule has 0 saturated carbocycles. The van der Waals surface area contributed by atoms with Crippen LogP contribution in [0.2, 0.25) is 0 Å². The molecule has 2 aromatic carbocycles. The molecule has 8 heteroatoms. The minimum absolute atomic E-state index is 0.00795. The van der Waals surface area contributed by atoms with E-state index in [9.17, 15) is 14.4 Å². The maximum absolute atomic E-state index is 13.1. The van der Waals surface area contributed by atoms with Crippen LogP contribution >= 0.6 is 0 Å². The molecule has 0 aliphatic carbocycles. The predicted molar refractivity (Wildman–Crippen MR) is 120 cm³/mol. The molecule has 1 heterocycles. The van der Waals surface area contributed by atoms with Crippen molar-refractivity contribution in [2.75, 3.05) is 25.0 Å². The van der Waals surface area contributed by atoms with Crippen molar-refractivity contribution in [3.05, 3.63) is 66.2 Å². The molecule has 0 radical (unpaired) electrons. The van der Waals surface area contributed by atoms with Gasteiger partial charge in [0.1, 0.15) is 18.2 Å². The molecule has 0 bridgehead atoms. The molecule has 0 spiro atoms. The van der Waals surface area contributed by atoms with Gasteiger partial charge in [-0.15, -0.1) is 0 Å². The fourth-order valence-electron chi connectivity index (χ4n) is 3.27. The third-order valence-electron chi connectivity index (χ3n) is 4.82. The standard InChI is InChI=1S/C24H29N3O5/c1-24(2,3)32-22(29)26-14-15-27(23(30)31-17-18-10-6-4-7-11-18)20(16-26)21(28)25-19-12-8-5-9-13-19/h4-13,20H,14-17H2,1-3H3,(H,25,28). The summed E-state index contributed by atoms with van der Waals surface area (Å²) in [6.07, 6.45) is -1.13. The molecule has 0 aromatic heterocycles. The minimum atomic E-state index is -0.917. The van der Waals surface area contributed by atoms with E-state index >= 15 is 0 Å². The van der Waals surface area contributed by atoms with Crippen LogP contribution in [0, 0.1) is 0 Å². The molecule has 32 heavy (non-hydrogen) atoms. The highest BCUT2D eigenvalue weighted by atomic mass is 16.6. The number of nitrogens with zero attached hydrogens (tertiary/aromatic N) is 2. The highest BCUT2D eigenvalue weighted by molar-refractivity contribution is 5.97. The average Bonchev–Trinajstić information content (AvgIpc) is 2.77. The van der Waals surface area contributed by atoms with Crippen LogP contribution in [-0.4, -0.2) is 59.2 Å². The SMILES string of the molecule is CC(C)(C)OC(=O)N1CCN(C(=O)OCc2ccccc2)C(C(=O)Nc2ccccc2)C1. The predicted octanol–water partition coefficient (Wildman–Crippen LogP) is 3.88. The van der Waals surface area contributed by atoms with Crippen molar-refractivity contribution in [3.63, 3.8) is 0 Å². The van der Waals surface area contributed by atoms with Crippen LogP contribution in [0.25, 0.3) is 0 Å². The van der Waals surface area contributed by atoms with E-state index in [2.05, 4.69) is 5.32 Å². The summed E-state index contributed by atoms with van der Waals surface area (Å²) in [5, 5.41) is 2.81. The molecule has 1 N–H and O–H groups in total. The number of piperazine rings is 1. The van der Waals surface area contributed by atoms with Crippen LogP contribution in [0.1, 0.15) is 26.3 Å². The average molecular weight is 440 g/mol. The van der Waals surface area contributed by atoms with Gasteiger partial charge in [-0.3, -0.25) is 9.69 Å². The number of ether oxygens (including phenoxy) is 2. The van der Waals surface area contributed by atoms with Gasteiger partial charge in [0.05, 0.1) is 6.54 Å². The first-order valence-electron chi connectivity index (χ1n) is 10.5. The summed E-state index contributed by atoms with van der Waals surface area (Å²) in [7, 11) is 0. The van der Waals surface area contributed by atoms with Gasteiger partial charge in [0, 0.05) is 18.8 Å². The Morgan fingerprint density at radius 1 is 0.938 bits per heavy atom. The van der Waals surface area contributed by atoms with Crippen LogP contribution in [0.5, 0.6) is 0 Å². The number of benzene rings is 2. The lowest BCUT2D eigenvalue weighted by molar-refractivity contribution is -0.122. The highest BCUT2D eigenvalue weighted by Gasteiger charge is 2.39. The first-order valence-corrected chi connectivity index (χ1v) is 10.5. The zero-order valence-corrected chi connectivity index (χ0v) is 18.6. The van der Waals surface area contributed by atoms with Crippen LogP contribution in [0.4, 0.5) is 15.3 Å². The molecule has 170 valence electrons. The zero-order valence-electron chi connectivity index (χ0n) is 18.6. The molecule has 1 unspecified atom stereocenters. The molecule has 1 atom stereocenters. The smallest absolute Gasteiger partial charge is 0.410 e. The van der Waals surface area contributed by atoms with Crippen molar-refractivity contribution in [2.45, 2.75) is 39.0 Å². The molecular formula is C24H29N3O5. The van der Waals surface area contributed by atoms with E-state index in [1.807, 2.05) is 36.4 Å². The Morgan fingerprint density at radius 2 is 1.56 bits per heavy atom. The number of hydrogen-bond donors (Lipinski definition) is 1. The first kappa shape index (κ1) is 23.1. The fraction of sp³-hybridized carbons (Fsp3) is 0.375. The van der Waals surface area contributed by atoms with Gasteiger partial charge in [0.15, 0.2) is 0 Å². The van der Waals surface area contributed by atoms with E-state index in [0.29, 0.717) is 5.69 Å². The van der Waals surface area contributed by atoms with Gasteiger partial charge in [-0.1, -0.05) is 48.5 Å². The van der Waals surface area contributed by atoms with E-state index in [1.165, 1.54) is 9.80 Å². The molecule has 8 nitrogen and oxygen atoms in total. The maximum atomic E-state index is 13.1. The van der Waals surface area contributed by atoms with Gasteiger partial charge < -0.3 is 19.7 Å². The highest BCUT2D eigenvalue weighted by Crippen LogP contribution is 2.18. The first-order chi connectivity index (χ1) is 15.2. The molecule has 3 rings (SSSR count). The van der Waals surface area contributed by atoms with Gasteiger partial charge in [0.25, 0.3) is 0 Å². The van der Waals surface area contributed by atoms with E-state index < -0.39 is 29.7 Å². The van der Waals surface area contributed by atoms with Crippen molar-refractivity contribution in [3.8, 4) is 0 Å². The van der Waals surface area contributed by atoms with E-state index in [4.69, 9.17) is 9.47 Å². The molecule has 3 amide bonds. The number of carbonyl (C=O) groups is 3. The summed E-state index contributed by atoms with van der Waals surface area (Å²) < 4.78 is 10.9. The van der Waals surface area contributed by atoms with Gasteiger partial charge in [-0.25, -0.2) is 9.59 Å². The second kappa shape index (κ2) is 10.2. The van der Waals surface area contributed by atoms with Crippen molar-refractivity contribution in [1.82, 2.24) is 9.80 Å². The zero-order chi connectivity index (χ0) is 23.1. The molecular weight excluding hydrogens is 410 g/mol. The Kier molecular flexibility index (Phi) is 7.35. The Morgan fingerprint density at radius 3 is 2.19 bits per heavy atom. The number of amides is 3. The number of nitrogens with one attached hydrogen (secondary N) is 1. The number of carbonyl (C=O) groups excluding carboxylic acids is 3. The van der Waals surface area contributed by atoms with Crippen LogP contribution in [0.15, 0.2) is 60.7 Å². The molecule has 2 aromatic rings. The van der Waals surface area contributed by atoms with Gasteiger partial charge in [-0.05, 0) is 38.5 Å². The summed E-state index contributed by atoms with van der Waals surface area (Å²) in [4.78, 5) is 41.3. The van der Waals surface area contributed by atoms with Gasteiger partial charge in [-0.2, -0.15) is 0 Å². The molecule has 1 saturated heterocycles. The van der Waals surface area contributed by atoms with Crippen LogP contribution < -0.4 is 5.32 Å². The summed E-state index contributed by atoms with van der Waals surface area (Å²) >= 11 is 0. The van der Waals surface area contributed by atoms with Crippen LogP contribution in [-0.2, 0) is 20.9 Å². The van der Waals surface area contributed by atoms with Crippen molar-refractivity contribution < 1.29 is 23.9 Å². The minimum Gasteiger partial charge on any atom is -0.445 e. The van der Waals surface area contributed by atoms with Gasteiger partial charge >= 0.3 is 12.2 Å². The van der Waals surface area contributed by atoms with Crippen molar-refractivity contribution in [2.24, 2.45) is 0 Å². The Labute approximate surface area is 188 Å². The quantitative estimate of drug-likeness (QED) is 0.781. The van der Waals surface area contributed by atoms with Crippen LogP contribution in [0.3, 0.4) is 0 Å². The maximum Gasteiger partial charge on any atom is 0.410 e. The Bertz CT molecular complexity index is 928. The normalized spacial score (nSPS) is 16.3. The number of rotatable bonds is 4. The third kappa shape index (κ3) is 6.47. The van der Waals surface area contributed by atoms with Crippen molar-refractivity contribution >= 4 is 23.8 Å². The molecule has 1 fully saturated rings. The number of para-hydroxylation sites is 1. The molecule has 1 aliphatic rings. The van der Waals surface area contributed by atoms with Gasteiger partial charge in [0.2, 0.25) is 5.91 Å². The third-order valence-corrected chi connectivity index (χ3v) is 4.82. The summed E-state index contributed by atoms with van der Waals surface area (Å²) in [6, 6.07) is 17.3. The largest absolute Gasteiger partial charge is 0.445 e. The number of anilines is 1. The topological polar surface area (TPSA) is 88.2 Å². The van der Waals surface area contributed by atoms with E-state index in [-0.39, 0.29) is 26.2 Å². The fourth-order valence-corrected chi connectivity index (χ4v) is 3.27. The summed E-state index contributed by atoms with van der Waals surface area (Å²) in [6.45, 7) is 5.84. The summed E-state index contributed by atoms with van der Waals surface area (Å²) in [5.41, 5.74) is 0.785. The van der Waals surface area contributed by atoms with E-state index in [0.717, 1.165) is 5.56 Å². The van der Waals surface area contributed by atoms with E-state index in [1.54, 1.807) is 45.0 Å². The monoisotopic (exact) mass is 439 g/mol.